The number of hydrogen-bond donors (Lipinski definition) is 0. The molecule has 0 aliphatic carbocycles. The Balaban J connectivity index is 2.20. The van der Waals surface area contributed by atoms with Gasteiger partial charge in [-0.25, -0.2) is 9.67 Å². The number of nitrogens with zero attached hydrogens (tertiary/aromatic N) is 4. The summed E-state index contributed by atoms with van der Waals surface area (Å²) in [5.74, 6) is 0.867. The number of carbonyl (C=O) groups excluding carboxylic acids is 1. The van der Waals surface area contributed by atoms with Crippen LogP contribution in [0.2, 0.25) is 0 Å². The van der Waals surface area contributed by atoms with Crippen molar-refractivity contribution in [3.05, 3.63) is 12.2 Å². The highest BCUT2D eigenvalue weighted by Crippen LogP contribution is 2.11. The second kappa shape index (κ2) is 3.00. The van der Waals surface area contributed by atoms with E-state index >= 15 is 0 Å². The Morgan fingerprint density at radius 1 is 1.58 bits per heavy atom. The predicted octanol–water partition coefficient (Wildman–Crippen LogP) is 0.649. The van der Waals surface area contributed by atoms with Crippen molar-refractivity contribution >= 4 is 26.5 Å². The number of carbonyl (C=O) groups is 1. The van der Waals surface area contributed by atoms with Crippen LogP contribution in [0, 0.1) is 0 Å². The number of amides is 1. The van der Waals surface area contributed by atoms with E-state index in [0.717, 1.165) is 18.9 Å². The summed E-state index contributed by atoms with van der Waals surface area (Å²) < 4.78 is 1.90. The van der Waals surface area contributed by atoms with E-state index in [2.05, 4.69) is 10.1 Å². The Morgan fingerprint density at radius 3 is 3.17 bits per heavy atom. The van der Waals surface area contributed by atoms with Gasteiger partial charge in [0.05, 0.1) is 13.1 Å². The Kier molecular flexibility index (Phi) is 1.99. The summed E-state index contributed by atoms with van der Waals surface area (Å²) >= 11 is 1.79. The van der Waals surface area contributed by atoms with Crippen molar-refractivity contribution in [2.24, 2.45) is 0 Å². The predicted molar refractivity (Wildman–Crippen MR) is 49.8 cm³/mol. The highest BCUT2D eigenvalue weighted by molar-refractivity contribution is 14.1. The van der Waals surface area contributed by atoms with Crippen molar-refractivity contribution in [2.75, 3.05) is 6.54 Å². The molecule has 2 rings (SSSR count). The molecule has 64 valence electrons. The smallest absolute Gasteiger partial charge is 0.283 e. The first-order chi connectivity index (χ1) is 5.77. The molecule has 5 nitrogen and oxygen atoms in total. The third kappa shape index (κ3) is 1.30. The number of aromatic nitrogens is 3. The molecule has 2 heterocycles. The van der Waals surface area contributed by atoms with Crippen molar-refractivity contribution in [1.29, 1.82) is 0 Å². The molecule has 0 saturated heterocycles. The average molecular weight is 278 g/mol. The lowest BCUT2D eigenvalue weighted by atomic mass is 10.4. The topological polar surface area (TPSA) is 51.0 Å². The van der Waals surface area contributed by atoms with E-state index in [-0.39, 0.29) is 3.91 Å². The van der Waals surface area contributed by atoms with Crippen LogP contribution in [0.4, 0.5) is 4.79 Å². The van der Waals surface area contributed by atoms with Gasteiger partial charge in [-0.15, -0.1) is 0 Å². The summed E-state index contributed by atoms with van der Waals surface area (Å²) in [5.41, 5.74) is 0. The van der Waals surface area contributed by atoms with E-state index in [1.165, 1.54) is 6.33 Å². The molecule has 0 radical (unpaired) electrons. The van der Waals surface area contributed by atoms with Crippen LogP contribution in [0.25, 0.3) is 0 Å². The molecule has 0 unspecified atom stereocenters. The average Bonchev–Trinajstić information content (AvgIpc) is 2.49. The summed E-state index contributed by atoms with van der Waals surface area (Å²) in [7, 11) is 0. The van der Waals surface area contributed by atoms with E-state index in [0.29, 0.717) is 6.54 Å². The van der Waals surface area contributed by atoms with Gasteiger partial charge < -0.3 is 4.90 Å². The van der Waals surface area contributed by atoms with Gasteiger partial charge in [-0.1, -0.05) is 0 Å². The molecule has 0 spiro atoms. The van der Waals surface area contributed by atoms with E-state index in [1.54, 1.807) is 27.5 Å². The molecule has 12 heavy (non-hydrogen) atoms. The normalized spacial score (nSPS) is 15.9. The largest absolute Gasteiger partial charge is 0.325 e. The third-order valence-electron chi connectivity index (χ3n) is 1.86. The van der Waals surface area contributed by atoms with Crippen molar-refractivity contribution in [3.8, 4) is 0 Å². The van der Waals surface area contributed by atoms with E-state index < -0.39 is 0 Å². The van der Waals surface area contributed by atoms with Crippen molar-refractivity contribution in [1.82, 2.24) is 19.7 Å². The standard InChI is InChI=1S/C6H7IN4O/c7-6(12)10-1-2-11-5(3-10)8-4-9-11/h4H,1-3H2. The van der Waals surface area contributed by atoms with Crippen molar-refractivity contribution in [3.63, 3.8) is 0 Å². The number of hydrogen-bond acceptors (Lipinski definition) is 3. The van der Waals surface area contributed by atoms with Crippen LogP contribution in [-0.2, 0) is 13.1 Å². The highest BCUT2D eigenvalue weighted by Gasteiger charge is 2.19. The highest BCUT2D eigenvalue weighted by atomic mass is 127. The SMILES string of the molecule is O=C(I)N1CCn2ncnc2C1. The van der Waals surface area contributed by atoms with Crippen molar-refractivity contribution in [2.45, 2.75) is 13.1 Å². The molecule has 1 aromatic rings. The van der Waals surface area contributed by atoms with Gasteiger partial charge in [-0.2, -0.15) is 5.10 Å². The number of fused-ring (bicyclic) bond motifs is 1. The summed E-state index contributed by atoms with van der Waals surface area (Å²) in [6, 6.07) is 0. The second-order valence-corrected chi connectivity index (χ2v) is 3.50. The van der Waals surface area contributed by atoms with Crippen LogP contribution in [0.15, 0.2) is 6.33 Å². The summed E-state index contributed by atoms with van der Waals surface area (Å²) in [6.07, 6.45) is 1.52. The molecular weight excluding hydrogens is 271 g/mol. The summed E-state index contributed by atoms with van der Waals surface area (Å²) in [6.45, 7) is 2.07. The molecule has 0 saturated carbocycles. The van der Waals surface area contributed by atoms with E-state index in [1.807, 2.05) is 4.68 Å². The van der Waals surface area contributed by atoms with Gasteiger partial charge in [0.25, 0.3) is 3.91 Å². The molecular formula is C6H7IN4O. The zero-order chi connectivity index (χ0) is 8.55. The first-order valence-electron chi connectivity index (χ1n) is 3.58. The second-order valence-electron chi connectivity index (χ2n) is 2.57. The monoisotopic (exact) mass is 278 g/mol. The van der Waals surface area contributed by atoms with Crippen molar-refractivity contribution < 1.29 is 4.79 Å². The molecule has 0 fully saturated rings. The summed E-state index contributed by atoms with van der Waals surface area (Å²) in [4.78, 5) is 16.8. The fourth-order valence-corrected chi connectivity index (χ4v) is 1.62. The molecule has 0 bridgehead atoms. The summed E-state index contributed by atoms with van der Waals surface area (Å²) in [5, 5.41) is 4.02. The molecule has 1 aliphatic heterocycles. The molecule has 1 amide bonds. The Morgan fingerprint density at radius 2 is 2.42 bits per heavy atom. The van der Waals surface area contributed by atoms with Crippen LogP contribution >= 0.6 is 22.6 Å². The number of halogens is 1. The maximum absolute atomic E-state index is 11.0. The first-order valence-corrected chi connectivity index (χ1v) is 4.66. The maximum atomic E-state index is 11.0. The Labute approximate surface area is 82.9 Å². The van der Waals surface area contributed by atoms with Crippen LogP contribution in [0.3, 0.4) is 0 Å². The fourth-order valence-electron chi connectivity index (χ4n) is 1.21. The zero-order valence-corrected chi connectivity index (χ0v) is 8.43. The first kappa shape index (κ1) is 7.96. The van der Waals surface area contributed by atoms with Crippen LogP contribution in [-0.4, -0.2) is 30.1 Å². The molecule has 0 N–H and O–H groups in total. The lowest BCUT2D eigenvalue weighted by molar-refractivity contribution is 0.207. The van der Waals surface area contributed by atoms with Crippen LogP contribution in [0.1, 0.15) is 5.82 Å². The third-order valence-corrected chi connectivity index (χ3v) is 2.54. The van der Waals surface area contributed by atoms with Gasteiger partial charge in [0.2, 0.25) is 0 Å². The molecule has 0 atom stereocenters. The minimum absolute atomic E-state index is 0.0712. The van der Waals surface area contributed by atoms with Crippen LogP contribution < -0.4 is 0 Å². The lowest BCUT2D eigenvalue weighted by Crippen LogP contribution is -2.35. The van der Waals surface area contributed by atoms with Gasteiger partial charge in [0.1, 0.15) is 12.2 Å². The molecule has 6 heteroatoms. The molecule has 1 aliphatic rings. The van der Waals surface area contributed by atoms with Gasteiger partial charge in [0, 0.05) is 29.1 Å². The Hall–Kier alpha value is -0.660. The van der Waals surface area contributed by atoms with Gasteiger partial charge >= 0.3 is 0 Å². The Bertz CT molecular complexity index is 310. The maximum Gasteiger partial charge on any atom is 0.283 e. The fraction of sp³-hybridized carbons (Fsp3) is 0.500. The minimum atomic E-state index is 0.0712. The van der Waals surface area contributed by atoms with E-state index in [9.17, 15) is 4.79 Å². The number of rotatable bonds is 0. The zero-order valence-electron chi connectivity index (χ0n) is 6.27. The van der Waals surface area contributed by atoms with Crippen LogP contribution in [0.5, 0.6) is 0 Å². The lowest BCUT2D eigenvalue weighted by Gasteiger charge is -2.24. The van der Waals surface area contributed by atoms with Gasteiger partial charge in [0.15, 0.2) is 0 Å². The molecule has 0 aromatic carbocycles. The van der Waals surface area contributed by atoms with Gasteiger partial charge in [-0.3, -0.25) is 4.79 Å². The van der Waals surface area contributed by atoms with Gasteiger partial charge in [-0.05, 0) is 0 Å². The minimum Gasteiger partial charge on any atom is -0.325 e. The quantitative estimate of drug-likeness (QED) is 0.398. The van der Waals surface area contributed by atoms with E-state index in [4.69, 9.17) is 0 Å². The molecule has 1 aromatic heterocycles.